The lowest BCUT2D eigenvalue weighted by molar-refractivity contribution is -0.131. The molecular weight excluding hydrogens is 462 g/mol. The standard InChI is InChI=1S/C26H33N5O3S/c1-20-5-6-21(2)25(17-20)28-13-15-29(16-14-28)26(32)9-12-30-19-27-23-18-22(7-8-24(23)30)35(33,34)31-10-3-4-11-31/h5-8,17-19H,3-4,9-16H2,1-2H3. The molecule has 9 heteroatoms. The monoisotopic (exact) mass is 495 g/mol. The molecule has 2 aliphatic heterocycles. The van der Waals surface area contributed by atoms with E-state index in [1.54, 1.807) is 28.8 Å². The quantitative estimate of drug-likeness (QED) is 0.525. The van der Waals surface area contributed by atoms with Gasteiger partial charge in [-0.1, -0.05) is 12.1 Å². The van der Waals surface area contributed by atoms with Crippen LogP contribution < -0.4 is 4.90 Å². The zero-order valence-electron chi connectivity index (χ0n) is 20.5. The van der Waals surface area contributed by atoms with E-state index in [0.29, 0.717) is 44.7 Å². The zero-order valence-corrected chi connectivity index (χ0v) is 21.3. The number of fused-ring (bicyclic) bond motifs is 1. The Balaban J connectivity index is 1.20. The van der Waals surface area contributed by atoms with Crippen molar-refractivity contribution in [3.8, 4) is 0 Å². The Kier molecular flexibility index (Phi) is 6.55. The Hall–Kier alpha value is -2.91. The van der Waals surface area contributed by atoms with E-state index in [0.717, 1.165) is 31.4 Å². The maximum absolute atomic E-state index is 12.9. The summed E-state index contributed by atoms with van der Waals surface area (Å²) >= 11 is 0. The zero-order chi connectivity index (χ0) is 24.6. The number of amides is 1. The van der Waals surface area contributed by atoms with Crippen LogP contribution in [0.3, 0.4) is 0 Å². The number of hydrogen-bond acceptors (Lipinski definition) is 5. The van der Waals surface area contributed by atoms with Gasteiger partial charge in [-0.3, -0.25) is 4.79 Å². The smallest absolute Gasteiger partial charge is 0.243 e. The molecule has 3 aromatic rings. The molecule has 0 N–H and O–H groups in total. The number of sulfonamides is 1. The molecule has 0 saturated carbocycles. The van der Waals surface area contributed by atoms with Gasteiger partial charge in [0, 0.05) is 57.9 Å². The molecular formula is C26H33N5O3S. The van der Waals surface area contributed by atoms with Gasteiger partial charge in [0.15, 0.2) is 0 Å². The Labute approximate surface area is 207 Å². The van der Waals surface area contributed by atoms with Crippen LogP contribution in [-0.2, 0) is 21.4 Å². The normalized spacial score (nSPS) is 17.4. The molecule has 3 heterocycles. The molecule has 186 valence electrons. The minimum absolute atomic E-state index is 0.140. The van der Waals surface area contributed by atoms with Gasteiger partial charge >= 0.3 is 0 Å². The van der Waals surface area contributed by atoms with Gasteiger partial charge in [0.1, 0.15) is 0 Å². The van der Waals surface area contributed by atoms with Crippen LogP contribution in [0.5, 0.6) is 0 Å². The van der Waals surface area contributed by atoms with Crippen molar-refractivity contribution >= 4 is 32.7 Å². The molecule has 2 saturated heterocycles. The van der Waals surface area contributed by atoms with Crippen molar-refractivity contribution in [3.63, 3.8) is 0 Å². The first kappa shape index (κ1) is 23.8. The first-order valence-electron chi connectivity index (χ1n) is 12.4. The van der Waals surface area contributed by atoms with E-state index < -0.39 is 10.0 Å². The molecule has 2 aliphatic rings. The summed E-state index contributed by atoms with van der Waals surface area (Å²) in [6.07, 6.45) is 3.90. The van der Waals surface area contributed by atoms with Crippen molar-refractivity contribution in [1.29, 1.82) is 0 Å². The molecule has 0 spiro atoms. The fourth-order valence-corrected chi connectivity index (χ4v) is 6.63. The van der Waals surface area contributed by atoms with Gasteiger partial charge in [-0.25, -0.2) is 13.4 Å². The predicted octanol–water partition coefficient (Wildman–Crippen LogP) is 3.18. The van der Waals surface area contributed by atoms with Crippen LogP contribution in [-0.4, -0.2) is 72.3 Å². The number of carbonyl (C=O) groups excluding carboxylic acids is 1. The summed E-state index contributed by atoms with van der Waals surface area (Å²) < 4.78 is 29.2. The van der Waals surface area contributed by atoms with E-state index in [1.165, 1.54) is 16.8 Å². The average molecular weight is 496 g/mol. The lowest BCUT2D eigenvalue weighted by atomic mass is 10.1. The van der Waals surface area contributed by atoms with Crippen molar-refractivity contribution in [2.75, 3.05) is 44.2 Å². The van der Waals surface area contributed by atoms with E-state index in [1.807, 2.05) is 9.47 Å². The molecule has 1 amide bonds. The van der Waals surface area contributed by atoms with E-state index in [4.69, 9.17) is 0 Å². The molecule has 8 nitrogen and oxygen atoms in total. The van der Waals surface area contributed by atoms with Gasteiger partial charge < -0.3 is 14.4 Å². The van der Waals surface area contributed by atoms with E-state index >= 15 is 0 Å². The van der Waals surface area contributed by atoms with Crippen LogP contribution in [0.4, 0.5) is 5.69 Å². The van der Waals surface area contributed by atoms with Crippen LogP contribution in [0.15, 0.2) is 47.6 Å². The molecule has 0 bridgehead atoms. The minimum atomic E-state index is -3.47. The Bertz CT molecular complexity index is 1340. The van der Waals surface area contributed by atoms with Crippen LogP contribution in [0.2, 0.25) is 0 Å². The summed E-state index contributed by atoms with van der Waals surface area (Å²) in [5.74, 6) is 0.140. The lowest BCUT2D eigenvalue weighted by Crippen LogP contribution is -2.49. The molecule has 1 aromatic heterocycles. The summed E-state index contributed by atoms with van der Waals surface area (Å²) in [4.78, 5) is 21.9. The summed E-state index contributed by atoms with van der Waals surface area (Å²) in [5, 5.41) is 0. The number of aryl methyl sites for hydroxylation is 3. The second-order valence-corrected chi connectivity index (χ2v) is 11.5. The topological polar surface area (TPSA) is 78.8 Å². The van der Waals surface area contributed by atoms with Crippen LogP contribution in [0.1, 0.15) is 30.4 Å². The van der Waals surface area contributed by atoms with Crippen molar-refractivity contribution in [2.24, 2.45) is 0 Å². The van der Waals surface area contributed by atoms with Crippen molar-refractivity contribution in [2.45, 2.75) is 44.6 Å². The average Bonchev–Trinajstić information content (AvgIpc) is 3.55. The number of benzene rings is 2. The number of anilines is 1. The van der Waals surface area contributed by atoms with E-state index in [9.17, 15) is 13.2 Å². The minimum Gasteiger partial charge on any atom is -0.368 e. The first-order valence-corrected chi connectivity index (χ1v) is 13.8. The fraction of sp³-hybridized carbons (Fsp3) is 0.462. The molecule has 35 heavy (non-hydrogen) atoms. The summed E-state index contributed by atoms with van der Waals surface area (Å²) in [6.45, 7) is 9.01. The predicted molar refractivity (Wildman–Crippen MR) is 137 cm³/mol. The number of carbonyl (C=O) groups is 1. The number of imidazole rings is 1. The van der Waals surface area contributed by atoms with Gasteiger partial charge in [0.2, 0.25) is 15.9 Å². The maximum Gasteiger partial charge on any atom is 0.243 e. The highest BCUT2D eigenvalue weighted by molar-refractivity contribution is 7.89. The highest BCUT2D eigenvalue weighted by Crippen LogP contribution is 2.25. The van der Waals surface area contributed by atoms with E-state index in [2.05, 4.69) is 41.9 Å². The number of piperazine rings is 1. The first-order chi connectivity index (χ1) is 16.8. The SMILES string of the molecule is Cc1ccc(C)c(N2CCN(C(=O)CCn3cnc4cc(S(=O)(=O)N5CCCC5)ccc43)CC2)c1. The second-order valence-electron chi connectivity index (χ2n) is 9.61. The highest BCUT2D eigenvalue weighted by Gasteiger charge is 2.28. The third kappa shape index (κ3) is 4.79. The Morgan fingerprint density at radius 3 is 2.43 bits per heavy atom. The number of hydrogen-bond donors (Lipinski definition) is 0. The van der Waals surface area contributed by atoms with Crippen LogP contribution in [0, 0.1) is 13.8 Å². The van der Waals surface area contributed by atoms with Crippen molar-refractivity contribution in [1.82, 2.24) is 18.8 Å². The largest absolute Gasteiger partial charge is 0.368 e. The maximum atomic E-state index is 12.9. The summed E-state index contributed by atoms with van der Waals surface area (Å²) in [6, 6.07) is 11.6. The third-order valence-electron chi connectivity index (χ3n) is 7.20. The van der Waals surface area contributed by atoms with Crippen molar-refractivity contribution < 1.29 is 13.2 Å². The molecule has 0 radical (unpaired) electrons. The third-order valence-corrected chi connectivity index (χ3v) is 9.09. The summed E-state index contributed by atoms with van der Waals surface area (Å²) in [7, 11) is -3.47. The number of rotatable bonds is 6. The fourth-order valence-electron chi connectivity index (χ4n) is 5.09. The number of nitrogens with zero attached hydrogens (tertiary/aromatic N) is 5. The molecule has 5 rings (SSSR count). The molecule has 2 aromatic carbocycles. The van der Waals surface area contributed by atoms with Crippen molar-refractivity contribution in [3.05, 3.63) is 53.9 Å². The Morgan fingerprint density at radius 2 is 1.69 bits per heavy atom. The molecule has 0 atom stereocenters. The molecule has 0 unspecified atom stereocenters. The van der Waals surface area contributed by atoms with Gasteiger partial charge in [0.05, 0.1) is 22.3 Å². The number of aromatic nitrogens is 2. The summed E-state index contributed by atoms with van der Waals surface area (Å²) in [5.41, 5.74) is 5.25. The molecule has 0 aliphatic carbocycles. The van der Waals surface area contributed by atoms with Crippen LogP contribution >= 0.6 is 0 Å². The van der Waals surface area contributed by atoms with Gasteiger partial charge in [-0.15, -0.1) is 0 Å². The van der Waals surface area contributed by atoms with Crippen LogP contribution in [0.25, 0.3) is 11.0 Å². The highest BCUT2D eigenvalue weighted by atomic mass is 32.2. The van der Waals surface area contributed by atoms with Gasteiger partial charge in [-0.2, -0.15) is 4.31 Å². The molecule has 2 fully saturated rings. The Morgan fingerprint density at radius 1 is 0.943 bits per heavy atom. The van der Waals surface area contributed by atoms with E-state index in [-0.39, 0.29) is 10.8 Å². The van der Waals surface area contributed by atoms with Gasteiger partial charge in [0.25, 0.3) is 0 Å². The lowest BCUT2D eigenvalue weighted by Gasteiger charge is -2.37. The van der Waals surface area contributed by atoms with Gasteiger partial charge in [-0.05, 0) is 62.1 Å². The second kappa shape index (κ2) is 9.62.